The normalized spacial score (nSPS) is 12.2. The zero-order valence-corrected chi connectivity index (χ0v) is 18.8. The van der Waals surface area contributed by atoms with E-state index in [0.29, 0.717) is 13.2 Å². The number of hydrogen-bond acceptors (Lipinski definition) is 3. The van der Waals surface area contributed by atoms with E-state index >= 15 is 0 Å². The van der Waals surface area contributed by atoms with Crippen molar-refractivity contribution in [3.05, 3.63) is 0 Å². The molecular weight excluding hydrogens is 322 g/mol. The van der Waals surface area contributed by atoms with Crippen LogP contribution in [0.15, 0.2) is 0 Å². The van der Waals surface area contributed by atoms with Crippen LogP contribution in [0.25, 0.3) is 0 Å². The Balaban J connectivity index is 3.44. The number of hydrogen-bond donors (Lipinski definition) is 0. The lowest BCUT2D eigenvalue weighted by atomic mass is 10.0. The second-order valence-corrected chi connectivity index (χ2v) is 7.78. The summed E-state index contributed by atoms with van der Waals surface area (Å²) in [5.74, 6) is -0.569. The Morgan fingerprint density at radius 2 is 0.923 bits per heavy atom. The molecule has 0 bridgehead atoms. The zero-order chi connectivity index (χ0) is 19.5. The van der Waals surface area contributed by atoms with Gasteiger partial charge in [0.1, 0.15) is 0 Å². The monoisotopic (exact) mass is 371 g/mol. The number of unbranched alkanes of at least 4 members (excludes halogenated alkanes) is 13. The van der Waals surface area contributed by atoms with Gasteiger partial charge in [-0.15, -0.1) is 0 Å². The van der Waals surface area contributed by atoms with Crippen molar-refractivity contribution in [1.29, 1.82) is 0 Å². The minimum absolute atomic E-state index is 0.569. The first-order chi connectivity index (χ1) is 12.6. The van der Waals surface area contributed by atoms with Crippen LogP contribution in [0.2, 0.25) is 0 Å². The molecule has 0 unspecified atom stereocenters. The largest absolute Gasteiger partial charge is 0.338 e. The van der Waals surface area contributed by atoms with Crippen LogP contribution in [0.3, 0.4) is 0 Å². The highest BCUT2D eigenvalue weighted by Gasteiger charge is 2.29. The van der Waals surface area contributed by atoms with E-state index in [1.807, 2.05) is 20.8 Å². The van der Waals surface area contributed by atoms with Crippen LogP contribution in [0.5, 0.6) is 0 Å². The molecule has 3 nitrogen and oxygen atoms in total. The van der Waals surface area contributed by atoms with Crippen LogP contribution in [-0.2, 0) is 9.47 Å². The molecule has 0 heterocycles. The fourth-order valence-electron chi connectivity index (χ4n) is 3.54. The molecule has 3 heteroatoms. The first kappa shape index (κ1) is 25.9. The Hall–Kier alpha value is -0.120. The summed E-state index contributed by atoms with van der Waals surface area (Å²) in [5, 5.41) is 0. The maximum atomic E-state index is 5.80. The van der Waals surface area contributed by atoms with Crippen LogP contribution < -0.4 is 0 Å². The van der Waals surface area contributed by atoms with Gasteiger partial charge in [-0.25, -0.2) is 0 Å². The van der Waals surface area contributed by atoms with Crippen LogP contribution in [-0.4, -0.2) is 37.6 Å². The van der Waals surface area contributed by atoms with Crippen molar-refractivity contribution in [2.24, 2.45) is 0 Å². The van der Waals surface area contributed by atoms with Crippen molar-refractivity contribution in [2.75, 3.05) is 26.8 Å². The van der Waals surface area contributed by atoms with Crippen LogP contribution >= 0.6 is 0 Å². The third kappa shape index (κ3) is 14.0. The van der Waals surface area contributed by atoms with Gasteiger partial charge in [-0.2, -0.15) is 0 Å². The lowest BCUT2D eigenvalue weighted by molar-refractivity contribution is -0.298. The molecule has 0 saturated carbocycles. The highest BCUT2D eigenvalue weighted by Crippen LogP contribution is 2.18. The first-order valence-electron chi connectivity index (χ1n) is 11.6. The summed E-state index contributed by atoms with van der Waals surface area (Å²) < 4.78 is 11.6. The minimum atomic E-state index is -0.569. The third-order valence-corrected chi connectivity index (χ3v) is 5.36. The molecule has 0 aliphatic heterocycles. The standard InChI is InChI=1S/C23H49NO2/c1-6-9-10-11-12-13-14-15-16-17-18-19-20-21-22-24(5)23(4,25-7-2)26-8-3/h6-22H2,1-5H3. The molecule has 26 heavy (non-hydrogen) atoms. The predicted molar refractivity (Wildman–Crippen MR) is 115 cm³/mol. The summed E-state index contributed by atoms with van der Waals surface area (Å²) in [6.45, 7) is 10.8. The van der Waals surface area contributed by atoms with Crippen molar-refractivity contribution in [1.82, 2.24) is 4.90 Å². The van der Waals surface area contributed by atoms with E-state index < -0.39 is 5.91 Å². The highest BCUT2D eigenvalue weighted by molar-refractivity contribution is 4.64. The SMILES string of the molecule is CCCCCCCCCCCCCCCCN(C)C(C)(OCC)OCC. The molecule has 158 valence electrons. The average molecular weight is 372 g/mol. The maximum absolute atomic E-state index is 5.80. The Morgan fingerprint density at radius 1 is 0.577 bits per heavy atom. The molecule has 0 aliphatic rings. The van der Waals surface area contributed by atoms with Crippen LogP contribution in [0.1, 0.15) is 118 Å². The van der Waals surface area contributed by atoms with Crippen molar-refractivity contribution in [3.63, 3.8) is 0 Å². The molecule has 0 aromatic heterocycles. The van der Waals surface area contributed by atoms with Gasteiger partial charge in [-0.05, 0) is 27.3 Å². The molecule has 0 aromatic rings. The van der Waals surface area contributed by atoms with E-state index in [9.17, 15) is 0 Å². The predicted octanol–water partition coefficient (Wildman–Crippen LogP) is 7.15. The summed E-state index contributed by atoms with van der Waals surface area (Å²) in [7, 11) is 2.10. The molecule has 0 fully saturated rings. The van der Waals surface area contributed by atoms with Crippen molar-refractivity contribution in [3.8, 4) is 0 Å². The van der Waals surface area contributed by atoms with E-state index in [1.54, 1.807) is 0 Å². The van der Waals surface area contributed by atoms with Gasteiger partial charge < -0.3 is 9.47 Å². The van der Waals surface area contributed by atoms with Crippen molar-refractivity contribution in [2.45, 2.75) is 123 Å². The van der Waals surface area contributed by atoms with E-state index in [-0.39, 0.29) is 0 Å². The van der Waals surface area contributed by atoms with E-state index in [2.05, 4.69) is 18.9 Å². The molecule has 0 spiro atoms. The van der Waals surface area contributed by atoms with Gasteiger partial charge in [0.2, 0.25) is 5.91 Å². The minimum Gasteiger partial charge on any atom is -0.338 e. The van der Waals surface area contributed by atoms with E-state index in [4.69, 9.17) is 9.47 Å². The van der Waals surface area contributed by atoms with Gasteiger partial charge in [0.15, 0.2) is 0 Å². The van der Waals surface area contributed by atoms with Crippen LogP contribution in [0.4, 0.5) is 0 Å². The Bertz CT molecular complexity index is 277. The van der Waals surface area contributed by atoms with Gasteiger partial charge in [-0.1, -0.05) is 90.4 Å². The number of ether oxygens (including phenoxy) is 2. The summed E-state index contributed by atoms with van der Waals surface area (Å²) >= 11 is 0. The topological polar surface area (TPSA) is 21.7 Å². The first-order valence-corrected chi connectivity index (χ1v) is 11.6. The molecule has 0 rings (SSSR count). The summed E-state index contributed by atoms with van der Waals surface area (Å²) in [6.07, 6.45) is 19.6. The van der Waals surface area contributed by atoms with Crippen molar-refractivity contribution >= 4 is 0 Å². The van der Waals surface area contributed by atoms with Crippen LogP contribution in [0, 0.1) is 0 Å². The van der Waals surface area contributed by atoms with Gasteiger partial charge in [0.05, 0.1) is 0 Å². The Labute approximate surface area is 165 Å². The number of rotatable bonds is 20. The molecular formula is C23H49NO2. The molecule has 0 N–H and O–H groups in total. The second kappa shape index (κ2) is 18.3. The zero-order valence-electron chi connectivity index (χ0n) is 18.8. The van der Waals surface area contributed by atoms with Crippen molar-refractivity contribution < 1.29 is 9.47 Å². The third-order valence-electron chi connectivity index (χ3n) is 5.36. The summed E-state index contributed by atoms with van der Waals surface area (Å²) in [4.78, 5) is 2.21. The fraction of sp³-hybridized carbons (Fsp3) is 1.00. The smallest absolute Gasteiger partial charge is 0.226 e. The lowest BCUT2D eigenvalue weighted by Gasteiger charge is -2.37. The van der Waals surface area contributed by atoms with Gasteiger partial charge >= 0.3 is 0 Å². The lowest BCUT2D eigenvalue weighted by Crippen LogP contribution is -2.49. The second-order valence-electron chi connectivity index (χ2n) is 7.78. The van der Waals surface area contributed by atoms with Gasteiger partial charge in [0.25, 0.3) is 0 Å². The molecule has 0 atom stereocenters. The highest BCUT2D eigenvalue weighted by atomic mass is 16.7. The van der Waals surface area contributed by atoms with Gasteiger partial charge in [-0.3, -0.25) is 4.90 Å². The molecule has 0 aromatic carbocycles. The maximum Gasteiger partial charge on any atom is 0.226 e. The van der Waals surface area contributed by atoms with Gasteiger partial charge in [0, 0.05) is 26.7 Å². The summed E-state index contributed by atoms with van der Waals surface area (Å²) in [5.41, 5.74) is 0. The average Bonchev–Trinajstić information content (AvgIpc) is 2.62. The fourth-order valence-corrected chi connectivity index (χ4v) is 3.54. The Morgan fingerprint density at radius 3 is 1.27 bits per heavy atom. The Kier molecular flexibility index (Phi) is 18.2. The molecule has 0 saturated heterocycles. The molecule has 0 radical (unpaired) electrons. The van der Waals surface area contributed by atoms with E-state index in [1.165, 1.54) is 89.9 Å². The molecule has 0 aliphatic carbocycles. The quantitative estimate of drug-likeness (QED) is 0.167. The summed E-state index contributed by atoms with van der Waals surface area (Å²) in [6, 6.07) is 0. The number of nitrogens with zero attached hydrogens (tertiary/aromatic N) is 1. The van der Waals surface area contributed by atoms with E-state index in [0.717, 1.165) is 6.54 Å². The molecule has 0 amide bonds.